The summed E-state index contributed by atoms with van der Waals surface area (Å²) in [5, 5.41) is 0. The van der Waals surface area contributed by atoms with Gasteiger partial charge in [-0.2, -0.15) is 0 Å². The molecule has 0 amide bonds. The van der Waals surface area contributed by atoms with Crippen LogP contribution in [-0.2, 0) is 47.4 Å². The van der Waals surface area contributed by atoms with Gasteiger partial charge < -0.3 is 0 Å². The van der Waals surface area contributed by atoms with Crippen molar-refractivity contribution in [3.8, 4) is 0 Å². The monoisotopic (exact) mass is 408 g/mol. The van der Waals surface area contributed by atoms with Crippen molar-refractivity contribution in [1.29, 1.82) is 0 Å². The van der Waals surface area contributed by atoms with Gasteiger partial charge in [0.1, 0.15) is 0 Å². The molecule has 0 radical (unpaired) electrons. The van der Waals surface area contributed by atoms with Crippen molar-refractivity contribution in [2.75, 3.05) is 6.61 Å². The molecule has 90 valence electrons. The Balaban J connectivity index is -0.0000000413. The summed E-state index contributed by atoms with van der Waals surface area (Å²) in [5.74, 6) is 0. The van der Waals surface area contributed by atoms with E-state index in [9.17, 15) is 0 Å². The molecule has 6 nitrogen and oxygen atoms in total. The fourth-order valence-electron chi connectivity index (χ4n) is 0.630. The Kier molecular flexibility index (Phi) is 104. The molecule has 0 aromatic rings. The quantitative estimate of drug-likeness (QED) is 0.427. The normalized spacial score (nSPS) is 9.88. The van der Waals surface area contributed by atoms with Crippen molar-refractivity contribution in [2.45, 2.75) is 19.3 Å². The van der Waals surface area contributed by atoms with E-state index in [2.05, 4.69) is 33.3 Å². The van der Waals surface area contributed by atoms with Gasteiger partial charge in [0.05, 0.1) is 0 Å². The molecule has 0 saturated carbocycles. The molecule has 0 aromatic carbocycles. The SMILES string of the molecule is [C-]#[O+].[C-]#[O+].[C-]#[O+].[C-]#[O+].[C-]#[O+].[W]=[C]1CCCCO1. The van der Waals surface area contributed by atoms with E-state index in [-0.39, 0.29) is 0 Å². The molecule has 1 aliphatic heterocycles. The van der Waals surface area contributed by atoms with Gasteiger partial charge >= 0.3 is 111 Å². The van der Waals surface area contributed by atoms with Crippen LogP contribution in [0.15, 0.2) is 0 Å². The first-order valence-corrected chi connectivity index (χ1v) is 5.04. The molecule has 0 bridgehead atoms. The molecule has 1 fully saturated rings. The molecule has 0 aromatic heterocycles. The van der Waals surface area contributed by atoms with Crippen molar-refractivity contribution in [3.63, 3.8) is 0 Å². The Morgan fingerprint density at radius 1 is 0.765 bits per heavy atom. The third kappa shape index (κ3) is 51.0. The first-order valence-electron chi connectivity index (χ1n) is 3.57. The van der Waals surface area contributed by atoms with Crippen molar-refractivity contribution in [2.24, 2.45) is 0 Å². The minimum atomic E-state index is 0.971. The number of rotatable bonds is 0. The van der Waals surface area contributed by atoms with Gasteiger partial charge in [0.15, 0.2) is 0 Å². The molecule has 0 atom stereocenters. The van der Waals surface area contributed by atoms with Crippen LogP contribution in [0.2, 0.25) is 0 Å². The summed E-state index contributed by atoms with van der Waals surface area (Å²) in [6, 6.07) is 0. The van der Waals surface area contributed by atoms with E-state index >= 15 is 0 Å². The zero-order chi connectivity index (χ0) is 15.1. The average molecular weight is 408 g/mol. The molecular weight excluding hydrogens is 400 g/mol. The fourth-order valence-corrected chi connectivity index (χ4v) is 1.45. The van der Waals surface area contributed by atoms with Gasteiger partial charge in [-0.15, -0.1) is 0 Å². The predicted molar refractivity (Wildman–Crippen MR) is 44.5 cm³/mol. The number of ether oxygens (including phenoxy) is 1. The van der Waals surface area contributed by atoms with E-state index in [4.69, 9.17) is 28.0 Å². The van der Waals surface area contributed by atoms with Gasteiger partial charge in [-0.3, -0.25) is 0 Å². The second-order valence-electron chi connectivity index (χ2n) is 1.68. The molecule has 0 aliphatic carbocycles. The third-order valence-corrected chi connectivity index (χ3v) is 2.20. The summed E-state index contributed by atoms with van der Waals surface area (Å²) >= 11 is 1.51. The fraction of sp³-hybridized carbons (Fsp3) is 0.400. The van der Waals surface area contributed by atoms with E-state index in [1.807, 2.05) is 0 Å². The van der Waals surface area contributed by atoms with E-state index in [0.717, 1.165) is 6.61 Å². The van der Waals surface area contributed by atoms with Crippen molar-refractivity contribution in [1.82, 2.24) is 0 Å². The molecule has 1 rings (SSSR count). The van der Waals surface area contributed by atoms with E-state index in [1.54, 1.807) is 0 Å². The van der Waals surface area contributed by atoms with E-state index in [1.165, 1.54) is 42.7 Å². The maximum atomic E-state index is 7.50. The molecule has 1 aliphatic rings. The van der Waals surface area contributed by atoms with Crippen LogP contribution in [0.5, 0.6) is 0 Å². The Morgan fingerprint density at radius 2 is 1.12 bits per heavy atom. The second-order valence-corrected chi connectivity index (χ2v) is 3.31. The summed E-state index contributed by atoms with van der Waals surface area (Å²) in [7, 11) is 0. The Morgan fingerprint density at radius 3 is 1.24 bits per heavy atom. The van der Waals surface area contributed by atoms with Crippen molar-refractivity contribution < 1.29 is 47.4 Å². The molecule has 17 heavy (non-hydrogen) atoms. The zero-order valence-electron chi connectivity index (χ0n) is 8.69. The zero-order valence-corrected chi connectivity index (χ0v) is 11.6. The summed E-state index contributed by atoms with van der Waals surface area (Å²) < 4.78 is 44.0. The first-order chi connectivity index (χ1) is 8.39. The van der Waals surface area contributed by atoms with Crippen molar-refractivity contribution in [3.05, 3.63) is 33.3 Å². The van der Waals surface area contributed by atoms with Crippen LogP contribution in [0.1, 0.15) is 19.3 Å². The van der Waals surface area contributed by atoms with E-state index < -0.39 is 0 Å². The maximum absolute atomic E-state index is 7.50. The second kappa shape index (κ2) is 59.0. The number of hydrogen-bond donors (Lipinski definition) is 0. The van der Waals surface area contributed by atoms with Crippen LogP contribution in [0.4, 0.5) is 0 Å². The Labute approximate surface area is 111 Å². The average Bonchev–Trinajstić information content (AvgIpc) is 2.50. The van der Waals surface area contributed by atoms with E-state index in [0.29, 0.717) is 0 Å². The number of hydrogen-bond acceptors (Lipinski definition) is 1. The van der Waals surface area contributed by atoms with Crippen LogP contribution >= 0.6 is 0 Å². The van der Waals surface area contributed by atoms with Gasteiger partial charge in [0, 0.05) is 0 Å². The molecular formula is C10H8O6W. The Bertz CT molecular complexity index is 195. The van der Waals surface area contributed by atoms with Crippen LogP contribution < -0.4 is 0 Å². The van der Waals surface area contributed by atoms with Gasteiger partial charge in [-0.25, -0.2) is 0 Å². The molecule has 0 N–H and O–H groups in total. The summed E-state index contributed by atoms with van der Waals surface area (Å²) in [5.41, 5.74) is 0. The molecule has 0 spiro atoms. The predicted octanol–water partition coefficient (Wildman–Crippen LogP) is 0.676. The molecule has 7 heteroatoms. The molecule has 0 unspecified atom stereocenters. The van der Waals surface area contributed by atoms with Crippen LogP contribution in [0.3, 0.4) is 0 Å². The first kappa shape index (κ1) is 29.8. The summed E-state index contributed by atoms with van der Waals surface area (Å²) in [6.45, 7) is 23.5. The third-order valence-electron chi connectivity index (χ3n) is 1.04. The van der Waals surface area contributed by atoms with Gasteiger partial charge in [-0.1, -0.05) is 0 Å². The van der Waals surface area contributed by atoms with Crippen LogP contribution in [0.25, 0.3) is 0 Å². The molecule has 1 saturated heterocycles. The van der Waals surface area contributed by atoms with Gasteiger partial charge in [0.2, 0.25) is 0 Å². The Hall–Kier alpha value is -0.782. The van der Waals surface area contributed by atoms with Crippen molar-refractivity contribution >= 4 is 4.08 Å². The van der Waals surface area contributed by atoms with Gasteiger partial charge in [-0.05, 0) is 0 Å². The topological polar surface area (TPSA) is 109 Å². The standard InChI is InChI=1S/C5H8O.5CO.W/c1-2-4-6-5-3-1;5*1-2;/h1-4H2;;;;;;. The summed E-state index contributed by atoms with van der Waals surface area (Å²) in [6.07, 6.45) is 3.82. The minimum absolute atomic E-state index is 0.971. The van der Waals surface area contributed by atoms with Crippen LogP contribution in [-0.4, -0.2) is 10.7 Å². The van der Waals surface area contributed by atoms with Crippen LogP contribution in [0, 0.1) is 33.3 Å². The van der Waals surface area contributed by atoms with Gasteiger partial charge in [0.25, 0.3) is 0 Å². The molecule has 1 heterocycles. The summed E-state index contributed by atoms with van der Waals surface area (Å²) in [4.78, 5) is 0.